The van der Waals surface area contributed by atoms with E-state index in [1.807, 2.05) is 24.3 Å². The Hall–Kier alpha value is -7.56. The van der Waals surface area contributed by atoms with Crippen LogP contribution in [0.1, 0.15) is 0 Å². The lowest BCUT2D eigenvalue weighted by Crippen LogP contribution is -1.97. The number of hydrogen-bond acceptors (Lipinski definition) is 3. The predicted octanol–water partition coefficient (Wildman–Crippen LogP) is 13.8. The first kappa shape index (κ1) is 31.9. The van der Waals surface area contributed by atoms with E-state index in [2.05, 4.69) is 180 Å². The summed E-state index contributed by atoms with van der Waals surface area (Å²) in [5.74, 6) is 0.682. The Morgan fingerprint density at radius 3 is 1.75 bits per heavy atom. The second kappa shape index (κ2) is 13.1. The zero-order valence-corrected chi connectivity index (χ0v) is 30.3. The van der Waals surface area contributed by atoms with E-state index >= 15 is 0 Å². The van der Waals surface area contributed by atoms with Gasteiger partial charge in [0.2, 0.25) is 0 Å². The molecule has 3 heterocycles. The predicted molar refractivity (Wildman–Crippen MR) is 231 cm³/mol. The van der Waals surface area contributed by atoms with Crippen LogP contribution in [0.4, 0.5) is 0 Å². The lowest BCUT2D eigenvalue weighted by atomic mass is 10.00. The van der Waals surface area contributed by atoms with E-state index in [1.165, 1.54) is 5.56 Å². The smallest absolute Gasteiger partial charge is 0.161 e. The molecule has 0 radical (unpaired) electrons. The fourth-order valence-corrected chi connectivity index (χ4v) is 8.22. The minimum absolute atomic E-state index is 0.682. The van der Waals surface area contributed by atoms with Crippen molar-refractivity contribution in [2.24, 2.45) is 0 Å². The van der Waals surface area contributed by atoms with Gasteiger partial charge in [0.15, 0.2) is 5.82 Å². The molecule has 0 aliphatic carbocycles. The van der Waals surface area contributed by atoms with Crippen molar-refractivity contribution < 1.29 is 4.42 Å². The highest BCUT2D eigenvalue weighted by Gasteiger charge is 2.21. The van der Waals surface area contributed by atoms with E-state index in [0.29, 0.717) is 5.82 Å². The average molecular weight is 716 g/mol. The molecular weight excluding hydrogens is 683 g/mol. The van der Waals surface area contributed by atoms with Gasteiger partial charge in [0, 0.05) is 49.5 Å². The molecule has 4 nitrogen and oxygen atoms in total. The standard InChI is InChI=1S/C52H33N3O/c1-4-16-34(17-5-1)37-22-14-23-38(30-37)46-33-45(36-20-8-3-9-21-36)53-52(54-46)42-26-15-28-48-50(42)41-25-10-12-27-47(41)55(48)39-31-43(35-18-6-2-7-19-35)51-44(32-39)40-24-11-13-29-49(40)56-51/h1-33H. The van der Waals surface area contributed by atoms with E-state index in [4.69, 9.17) is 14.4 Å². The summed E-state index contributed by atoms with van der Waals surface area (Å²) in [6.07, 6.45) is 0. The summed E-state index contributed by atoms with van der Waals surface area (Å²) in [5, 5.41) is 4.42. The second-order valence-electron chi connectivity index (χ2n) is 14.2. The summed E-state index contributed by atoms with van der Waals surface area (Å²) in [5.41, 5.74) is 14.3. The van der Waals surface area contributed by atoms with Crippen LogP contribution in [0, 0.1) is 0 Å². The first-order valence-corrected chi connectivity index (χ1v) is 18.9. The molecule has 0 fully saturated rings. The van der Waals surface area contributed by atoms with Crippen molar-refractivity contribution in [2.45, 2.75) is 0 Å². The van der Waals surface area contributed by atoms with Crippen LogP contribution in [0.5, 0.6) is 0 Å². The first-order valence-electron chi connectivity index (χ1n) is 18.9. The summed E-state index contributed by atoms with van der Waals surface area (Å²) in [6.45, 7) is 0. The van der Waals surface area contributed by atoms with Gasteiger partial charge in [-0.05, 0) is 59.2 Å². The van der Waals surface area contributed by atoms with Crippen LogP contribution in [-0.4, -0.2) is 14.5 Å². The zero-order chi connectivity index (χ0) is 37.0. The SMILES string of the molecule is c1ccc(-c2cccc(-c3cc(-c4ccccc4)nc(-c4cccc5c4c4ccccc4n5-c4cc(-c5ccccc5)c5oc6ccccc6c5c4)n3)c2)cc1. The summed E-state index contributed by atoms with van der Waals surface area (Å²) < 4.78 is 8.95. The van der Waals surface area contributed by atoms with Crippen molar-refractivity contribution in [3.05, 3.63) is 200 Å². The maximum Gasteiger partial charge on any atom is 0.161 e. The molecule has 3 aromatic heterocycles. The molecular formula is C52H33N3O. The molecule has 262 valence electrons. The zero-order valence-electron chi connectivity index (χ0n) is 30.3. The lowest BCUT2D eigenvalue weighted by Gasteiger charge is -2.13. The van der Waals surface area contributed by atoms with E-state index in [1.54, 1.807) is 0 Å². The fourth-order valence-electron chi connectivity index (χ4n) is 8.22. The summed E-state index contributed by atoms with van der Waals surface area (Å²) >= 11 is 0. The molecule has 0 bridgehead atoms. The fraction of sp³-hybridized carbons (Fsp3) is 0. The molecule has 0 atom stereocenters. The molecule has 0 saturated carbocycles. The highest BCUT2D eigenvalue weighted by Crippen LogP contribution is 2.42. The first-order chi connectivity index (χ1) is 27.8. The van der Waals surface area contributed by atoms with E-state index in [0.717, 1.165) is 94.2 Å². The Morgan fingerprint density at radius 2 is 0.964 bits per heavy atom. The van der Waals surface area contributed by atoms with Crippen molar-refractivity contribution in [3.63, 3.8) is 0 Å². The normalized spacial score (nSPS) is 11.6. The van der Waals surface area contributed by atoms with Crippen LogP contribution >= 0.6 is 0 Å². The van der Waals surface area contributed by atoms with Crippen molar-refractivity contribution in [2.75, 3.05) is 0 Å². The van der Waals surface area contributed by atoms with Crippen LogP contribution < -0.4 is 0 Å². The van der Waals surface area contributed by atoms with Gasteiger partial charge in [-0.2, -0.15) is 0 Å². The molecule has 0 amide bonds. The molecule has 11 aromatic rings. The third-order valence-corrected chi connectivity index (χ3v) is 10.8. The summed E-state index contributed by atoms with van der Waals surface area (Å²) in [7, 11) is 0. The highest BCUT2D eigenvalue weighted by molar-refractivity contribution is 6.16. The Kier molecular flexibility index (Phi) is 7.46. The van der Waals surface area contributed by atoms with Crippen LogP contribution in [0.3, 0.4) is 0 Å². The quantitative estimate of drug-likeness (QED) is 0.172. The Labute approximate surface area is 323 Å². The number of furan rings is 1. The third kappa shape index (κ3) is 5.31. The van der Waals surface area contributed by atoms with Gasteiger partial charge in [0.25, 0.3) is 0 Å². The summed E-state index contributed by atoms with van der Waals surface area (Å²) in [6, 6.07) is 70.2. The number of fused-ring (bicyclic) bond motifs is 6. The number of aromatic nitrogens is 3. The van der Waals surface area contributed by atoms with Crippen molar-refractivity contribution >= 4 is 43.7 Å². The van der Waals surface area contributed by atoms with Gasteiger partial charge >= 0.3 is 0 Å². The molecule has 11 rings (SSSR count). The minimum Gasteiger partial charge on any atom is -0.455 e. The number of nitrogens with zero attached hydrogens (tertiary/aromatic N) is 3. The molecule has 0 aliphatic rings. The minimum atomic E-state index is 0.682. The molecule has 8 aromatic carbocycles. The molecule has 0 spiro atoms. The van der Waals surface area contributed by atoms with Gasteiger partial charge in [0.05, 0.1) is 22.4 Å². The van der Waals surface area contributed by atoms with Gasteiger partial charge < -0.3 is 8.98 Å². The van der Waals surface area contributed by atoms with Crippen molar-refractivity contribution in [3.8, 4) is 61.8 Å². The lowest BCUT2D eigenvalue weighted by molar-refractivity contribution is 0.670. The van der Waals surface area contributed by atoms with Crippen LogP contribution in [0.2, 0.25) is 0 Å². The van der Waals surface area contributed by atoms with Gasteiger partial charge in [-0.3, -0.25) is 0 Å². The Balaban J connectivity index is 1.17. The molecule has 56 heavy (non-hydrogen) atoms. The number of benzene rings is 8. The third-order valence-electron chi connectivity index (χ3n) is 10.8. The van der Waals surface area contributed by atoms with Gasteiger partial charge in [-0.15, -0.1) is 0 Å². The maximum absolute atomic E-state index is 6.56. The van der Waals surface area contributed by atoms with Crippen LogP contribution in [0.15, 0.2) is 205 Å². The van der Waals surface area contributed by atoms with E-state index in [9.17, 15) is 0 Å². The molecule has 0 unspecified atom stereocenters. The average Bonchev–Trinajstić information content (AvgIpc) is 3.83. The molecule has 0 N–H and O–H groups in total. The van der Waals surface area contributed by atoms with Crippen molar-refractivity contribution in [1.82, 2.24) is 14.5 Å². The number of hydrogen-bond donors (Lipinski definition) is 0. The topological polar surface area (TPSA) is 43.9 Å². The van der Waals surface area contributed by atoms with Crippen LogP contribution in [0.25, 0.3) is 106 Å². The number of para-hydroxylation sites is 2. The Bertz CT molecular complexity index is 3240. The Morgan fingerprint density at radius 1 is 0.375 bits per heavy atom. The van der Waals surface area contributed by atoms with Gasteiger partial charge in [-0.1, -0.05) is 158 Å². The van der Waals surface area contributed by atoms with Crippen molar-refractivity contribution in [1.29, 1.82) is 0 Å². The van der Waals surface area contributed by atoms with Gasteiger partial charge in [0.1, 0.15) is 11.2 Å². The van der Waals surface area contributed by atoms with Gasteiger partial charge in [-0.25, -0.2) is 9.97 Å². The molecule has 4 heteroatoms. The second-order valence-corrected chi connectivity index (χ2v) is 14.2. The maximum atomic E-state index is 6.56. The highest BCUT2D eigenvalue weighted by atomic mass is 16.3. The summed E-state index contributed by atoms with van der Waals surface area (Å²) in [4.78, 5) is 10.7. The van der Waals surface area contributed by atoms with E-state index in [-0.39, 0.29) is 0 Å². The van der Waals surface area contributed by atoms with E-state index < -0.39 is 0 Å². The monoisotopic (exact) mass is 715 g/mol. The largest absolute Gasteiger partial charge is 0.455 e. The van der Waals surface area contributed by atoms with Crippen LogP contribution in [-0.2, 0) is 0 Å². The number of rotatable bonds is 6. The molecule has 0 saturated heterocycles. The molecule has 0 aliphatic heterocycles.